The van der Waals surface area contributed by atoms with Gasteiger partial charge in [-0.25, -0.2) is 4.99 Å². The summed E-state index contributed by atoms with van der Waals surface area (Å²) in [5.41, 5.74) is 1.14. The van der Waals surface area contributed by atoms with Gasteiger partial charge < -0.3 is 25.2 Å². The number of nitrogens with zero attached hydrogens (tertiary/aromatic N) is 1. The van der Waals surface area contributed by atoms with Crippen LogP contribution in [0.2, 0.25) is 0 Å². The minimum Gasteiger partial charge on any atom is -0.497 e. The first-order valence-electron chi connectivity index (χ1n) is 9.62. The van der Waals surface area contributed by atoms with E-state index in [1.54, 1.807) is 7.11 Å². The molecule has 146 valence electrons. The van der Waals surface area contributed by atoms with Crippen LogP contribution in [0, 0.1) is 5.92 Å². The van der Waals surface area contributed by atoms with Crippen molar-refractivity contribution in [2.24, 2.45) is 10.9 Å². The Morgan fingerprint density at radius 3 is 2.69 bits per heavy atom. The van der Waals surface area contributed by atoms with Crippen molar-refractivity contribution in [1.82, 2.24) is 10.6 Å². The number of nitrogens with one attached hydrogen (secondary N) is 2. The van der Waals surface area contributed by atoms with E-state index in [1.165, 1.54) is 0 Å². The molecule has 0 amide bonds. The fourth-order valence-corrected chi connectivity index (χ4v) is 3.08. The molecule has 1 fully saturated rings. The fourth-order valence-electron chi connectivity index (χ4n) is 3.08. The molecular weight excluding hydrogens is 330 g/mol. The highest BCUT2D eigenvalue weighted by Crippen LogP contribution is 2.24. The third kappa shape index (κ3) is 7.62. The summed E-state index contributed by atoms with van der Waals surface area (Å²) in [6.07, 6.45) is 3.67. The molecule has 1 saturated carbocycles. The fraction of sp³-hybridized carbons (Fsp3) is 0.650. The van der Waals surface area contributed by atoms with E-state index in [-0.39, 0.29) is 6.10 Å². The van der Waals surface area contributed by atoms with Crippen molar-refractivity contribution in [1.29, 1.82) is 0 Å². The lowest BCUT2D eigenvalue weighted by Crippen LogP contribution is -2.40. The van der Waals surface area contributed by atoms with Crippen LogP contribution < -0.4 is 15.4 Å². The number of rotatable bonds is 10. The van der Waals surface area contributed by atoms with Gasteiger partial charge in [-0.15, -0.1) is 0 Å². The molecule has 0 heterocycles. The Morgan fingerprint density at radius 1 is 1.23 bits per heavy atom. The summed E-state index contributed by atoms with van der Waals surface area (Å²) in [7, 11) is 1.67. The number of guanidine groups is 1. The molecule has 1 aromatic carbocycles. The van der Waals surface area contributed by atoms with Crippen LogP contribution in [0.3, 0.4) is 0 Å². The summed E-state index contributed by atoms with van der Waals surface area (Å²) in [5, 5.41) is 16.5. The summed E-state index contributed by atoms with van der Waals surface area (Å²) < 4.78 is 10.6. The molecule has 1 aliphatic carbocycles. The lowest BCUT2D eigenvalue weighted by molar-refractivity contribution is 0.145. The van der Waals surface area contributed by atoms with Gasteiger partial charge in [0.2, 0.25) is 0 Å². The number of aliphatic imine (C=N–C) groups is 1. The van der Waals surface area contributed by atoms with E-state index >= 15 is 0 Å². The maximum absolute atomic E-state index is 9.69. The molecule has 3 N–H and O–H groups in total. The number of aliphatic hydroxyl groups is 1. The minimum atomic E-state index is -0.138. The SMILES string of the molecule is CCOCCCNC(=NCc1ccc(OC)cc1)NCC1CCC(O)C1. The average molecular weight is 364 g/mol. The third-order valence-corrected chi connectivity index (χ3v) is 4.61. The van der Waals surface area contributed by atoms with Crippen molar-refractivity contribution in [2.75, 3.05) is 33.4 Å². The standard InChI is InChI=1S/C20H33N3O3/c1-3-26-12-4-11-21-20(23-15-17-5-8-18(24)13-17)22-14-16-6-9-19(25-2)10-7-16/h6-7,9-10,17-18,24H,3-5,8,11-15H2,1-2H3,(H2,21,22,23). The first-order valence-corrected chi connectivity index (χ1v) is 9.62. The van der Waals surface area contributed by atoms with Gasteiger partial charge in [-0.1, -0.05) is 12.1 Å². The first-order chi connectivity index (χ1) is 12.7. The average Bonchev–Trinajstić information content (AvgIpc) is 3.08. The number of hydrogen-bond donors (Lipinski definition) is 3. The lowest BCUT2D eigenvalue weighted by Gasteiger charge is -2.16. The lowest BCUT2D eigenvalue weighted by atomic mass is 10.1. The number of benzene rings is 1. The molecule has 2 atom stereocenters. The molecule has 0 aliphatic heterocycles. The van der Waals surface area contributed by atoms with Gasteiger partial charge in [-0.3, -0.25) is 0 Å². The van der Waals surface area contributed by atoms with Gasteiger partial charge in [0.05, 0.1) is 19.8 Å². The second-order valence-electron chi connectivity index (χ2n) is 6.70. The highest BCUT2D eigenvalue weighted by molar-refractivity contribution is 5.79. The zero-order chi connectivity index (χ0) is 18.6. The Hall–Kier alpha value is -1.79. The van der Waals surface area contributed by atoms with E-state index in [4.69, 9.17) is 14.5 Å². The Kier molecular flexibility index (Phi) is 9.28. The molecule has 1 aromatic rings. The van der Waals surface area contributed by atoms with Crippen LogP contribution in [0.1, 0.15) is 38.2 Å². The van der Waals surface area contributed by atoms with E-state index in [0.717, 1.165) is 69.3 Å². The van der Waals surface area contributed by atoms with Crippen LogP contribution in [0.15, 0.2) is 29.3 Å². The normalized spacial score (nSPS) is 20.2. The van der Waals surface area contributed by atoms with Gasteiger partial charge in [-0.2, -0.15) is 0 Å². The zero-order valence-corrected chi connectivity index (χ0v) is 16.0. The molecule has 2 rings (SSSR count). The Balaban J connectivity index is 1.84. The van der Waals surface area contributed by atoms with Gasteiger partial charge in [0.15, 0.2) is 5.96 Å². The predicted octanol–water partition coefficient (Wildman–Crippen LogP) is 2.32. The minimum absolute atomic E-state index is 0.138. The summed E-state index contributed by atoms with van der Waals surface area (Å²) in [4.78, 5) is 4.70. The number of hydrogen-bond acceptors (Lipinski definition) is 4. The van der Waals surface area contributed by atoms with Crippen LogP contribution >= 0.6 is 0 Å². The van der Waals surface area contributed by atoms with E-state index in [2.05, 4.69) is 10.6 Å². The number of ether oxygens (including phenoxy) is 2. The molecule has 0 spiro atoms. The van der Waals surface area contributed by atoms with Crippen molar-refractivity contribution < 1.29 is 14.6 Å². The van der Waals surface area contributed by atoms with Gasteiger partial charge in [0, 0.05) is 26.3 Å². The second kappa shape index (κ2) is 11.8. The maximum Gasteiger partial charge on any atom is 0.191 e. The van der Waals surface area contributed by atoms with E-state index in [9.17, 15) is 5.11 Å². The van der Waals surface area contributed by atoms with Gasteiger partial charge in [-0.05, 0) is 56.2 Å². The van der Waals surface area contributed by atoms with Crippen LogP contribution in [0.25, 0.3) is 0 Å². The maximum atomic E-state index is 9.69. The van der Waals surface area contributed by atoms with Crippen molar-refractivity contribution in [3.8, 4) is 5.75 Å². The topological polar surface area (TPSA) is 75.1 Å². The molecule has 0 saturated heterocycles. The molecule has 1 aliphatic rings. The molecule has 2 unspecified atom stereocenters. The molecule has 0 bridgehead atoms. The van der Waals surface area contributed by atoms with Crippen LogP contribution in [-0.2, 0) is 11.3 Å². The van der Waals surface area contributed by atoms with E-state index in [1.807, 2.05) is 31.2 Å². The zero-order valence-electron chi connectivity index (χ0n) is 16.0. The Labute approximate surface area is 157 Å². The molecule has 26 heavy (non-hydrogen) atoms. The molecular formula is C20H33N3O3. The molecule has 6 heteroatoms. The summed E-state index contributed by atoms with van der Waals surface area (Å²) in [5.74, 6) is 2.19. The van der Waals surface area contributed by atoms with Crippen molar-refractivity contribution >= 4 is 5.96 Å². The van der Waals surface area contributed by atoms with Gasteiger partial charge in [0.25, 0.3) is 0 Å². The van der Waals surface area contributed by atoms with E-state index < -0.39 is 0 Å². The van der Waals surface area contributed by atoms with Crippen LogP contribution in [-0.4, -0.2) is 50.6 Å². The molecule has 0 aromatic heterocycles. The smallest absolute Gasteiger partial charge is 0.191 e. The highest BCUT2D eigenvalue weighted by Gasteiger charge is 2.22. The summed E-state index contributed by atoms with van der Waals surface area (Å²) in [6, 6.07) is 7.96. The van der Waals surface area contributed by atoms with E-state index in [0.29, 0.717) is 12.5 Å². The third-order valence-electron chi connectivity index (χ3n) is 4.61. The van der Waals surface area contributed by atoms with Crippen molar-refractivity contribution in [2.45, 2.75) is 45.3 Å². The summed E-state index contributed by atoms with van der Waals surface area (Å²) >= 11 is 0. The Morgan fingerprint density at radius 2 is 2.04 bits per heavy atom. The number of methoxy groups -OCH3 is 1. The second-order valence-corrected chi connectivity index (χ2v) is 6.70. The monoisotopic (exact) mass is 363 g/mol. The van der Waals surface area contributed by atoms with Crippen molar-refractivity contribution in [3.63, 3.8) is 0 Å². The van der Waals surface area contributed by atoms with Crippen LogP contribution in [0.5, 0.6) is 5.75 Å². The Bertz CT molecular complexity index is 534. The first kappa shape index (κ1) is 20.5. The number of aliphatic hydroxyl groups excluding tert-OH is 1. The quantitative estimate of drug-likeness (QED) is 0.338. The predicted molar refractivity (Wildman–Crippen MR) is 105 cm³/mol. The molecule has 0 radical (unpaired) electrons. The largest absolute Gasteiger partial charge is 0.497 e. The van der Waals surface area contributed by atoms with Crippen LogP contribution in [0.4, 0.5) is 0 Å². The van der Waals surface area contributed by atoms with Crippen molar-refractivity contribution in [3.05, 3.63) is 29.8 Å². The summed E-state index contributed by atoms with van der Waals surface area (Å²) in [6.45, 7) is 5.79. The van der Waals surface area contributed by atoms with Gasteiger partial charge in [0.1, 0.15) is 5.75 Å². The van der Waals surface area contributed by atoms with Gasteiger partial charge >= 0.3 is 0 Å². The molecule has 6 nitrogen and oxygen atoms in total. The highest BCUT2D eigenvalue weighted by atomic mass is 16.5.